The van der Waals surface area contributed by atoms with Gasteiger partial charge >= 0.3 is 0 Å². The average Bonchev–Trinajstić information content (AvgIpc) is 2.22. The summed E-state index contributed by atoms with van der Waals surface area (Å²) in [5.74, 6) is -0.298. The second-order valence-corrected chi connectivity index (χ2v) is 6.28. The molecule has 0 aromatic heterocycles. The van der Waals surface area contributed by atoms with Crippen molar-refractivity contribution in [1.82, 2.24) is 0 Å². The Hall–Kier alpha value is -0.490. The molecule has 0 bridgehead atoms. The summed E-state index contributed by atoms with van der Waals surface area (Å²) in [7, 11) is -3.26. The molecule has 0 aromatic rings. The molecule has 2 atom stereocenters. The van der Waals surface area contributed by atoms with Crippen LogP contribution in [0.25, 0.3) is 0 Å². The molecule has 0 aliphatic carbocycles. The van der Waals surface area contributed by atoms with Crippen molar-refractivity contribution >= 4 is 33.0 Å². The highest BCUT2D eigenvalue weighted by Gasteiger charge is 2.15. The van der Waals surface area contributed by atoms with Crippen molar-refractivity contribution in [1.29, 1.82) is 10.5 Å². The lowest BCUT2D eigenvalue weighted by Crippen LogP contribution is -2.16. The molecule has 0 saturated carbocycles. The van der Waals surface area contributed by atoms with E-state index < -0.39 is 20.6 Å². The molecule has 0 radical (unpaired) electrons. The molecule has 0 aliphatic rings. The predicted molar refractivity (Wildman–Crippen MR) is 58.4 cm³/mol. The third-order valence-corrected chi connectivity index (χ3v) is 3.99. The van der Waals surface area contributed by atoms with Gasteiger partial charge in [-0.2, -0.15) is 10.5 Å². The molecule has 0 fully saturated rings. The zero-order valence-electron chi connectivity index (χ0n) is 7.86. The highest BCUT2D eigenvalue weighted by Crippen LogP contribution is 2.08. The molecule has 4 nitrogen and oxygen atoms in total. The second kappa shape index (κ2) is 6.90. The van der Waals surface area contributed by atoms with Gasteiger partial charge in [0.05, 0.1) is 23.6 Å². The molecule has 0 rings (SSSR count). The molecule has 0 heterocycles. The first-order valence-corrected chi connectivity index (χ1v) is 6.88. The summed E-state index contributed by atoms with van der Waals surface area (Å²) in [5.41, 5.74) is 0. The van der Waals surface area contributed by atoms with Gasteiger partial charge in [0.2, 0.25) is 0 Å². The zero-order valence-corrected chi connectivity index (χ0v) is 10.2. The lowest BCUT2D eigenvalue weighted by atomic mass is 10.4. The first-order valence-electron chi connectivity index (χ1n) is 4.19. The van der Waals surface area contributed by atoms with E-state index >= 15 is 0 Å². The minimum Gasteiger partial charge on any atom is -0.229 e. The van der Waals surface area contributed by atoms with Crippen LogP contribution >= 0.6 is 23.2 Å². The van der Waals surface area contributed by atoms with Crippen LogP contribution in [0.2, 0.25) is 0 Å². The molecule has 0 aromatic carbocycles. The fourth-order valence-corrected chi connectivity index (χ4v) is 2.67. The minimum atomic E-state index is -3.26. The SMILES string of the molecule is N#CC(Cl)CCS(=O)(=O)CCC(Cl)C#N. The average molecular weight is 269 g/mol. The maximum Gasteiger partial charge on any atom is 0.150 e. The minimum absolute atomic E-state index is 0.0971. The molecule has 0 aliphatic heterocycles. The molecule has 7 heteroatoms. The van der Waals surface area contributed by atoms with Crippen LogP contribution in [-0.2, 0) is 9.84 Å². The van der Waals surface area contributed by atoms with Gasteiger partial charge in [-0.25, -0.2) is 8.42 Å². The third kappa shape index (κ3) is 7.44. The number of hydrogen-bond donors (Lipinski definition) is 0. The molecule has 0 N–H and O–H groups in total. The Kier molecular flexibility index (Phi) is 6.67. The van der Waals surface area contributed by atoms with E-state index in [1.165, 1.54) is 0 Å². The molecular formula is C8H10Cl2N2O2S. The Morgan fingerprint density at radius 1 is 1.00 bits per heavy atom. The Balaban J connectivity index is 4.01. The van der Waals surface area contributed by atoms with Crippen LogP contribution in [0.3, 0.4) is 0 Å². The largest absolute Gasteiger partial charge is 0.229 e. The Morgan fingerprint density at radius 3 is 1.60 bits per heavy atom. The Bertz CT molecular complexity index is 339. The summed E-state index contributed by atoms with van der Waals surface area (Å²) in [5, 5.41) is 15.1. The van der Waals surface area contributed by atoms with Crippen molar-refractivity contribution in [3.63, 3.8) is 0 Å². The molecular weight excluding hydrogens is 259 g/mol. The molecule has 15 heavy (non-hydrogen) atoms. The smallest absolute Gasteiger partial charge is 0.150 e. The van der Waals surface area contributed by atoms with Gasteiger partial charge in [0.1, 0.15) is 10.8 Å². The number of nitrogens with zero attached hydrogens (tertiary/aromatic N) is 2. The summed E-state index contributed by atoms with van der Waals surface area (Å²) in [4.78, 5) is 0. The summed E-state index contributed by atoms with van der Waals surface area (Å²) in [6.45, 7) is 0. The topological polar surface area (TPSA) is 81.7 Å². The highest BCUT2D eigenvalue weighted by atomic mass is 35.5. The van der Waals surface area contributed by atoms with Gasteiger partial charge in [-0.3, -0.25) is 0 Å². The number of hydrogen-bond acceptors (Lipinski definition) is 4. The van der Waals surface area contributed by atoms with Crippen molar-refractivity contribution in [3.8, 4) is 12.1 Å². The van der Waals surface area contributed by atoms with Crippen LogP contribution < -0.4 is 0 Å². The maximum atomic E-state index is 11.3. The van der Waals surface area contributed by atoms with Crippen LogP contribution in [-0.4, -0.2) is 30.7 Å². The first-order chi connectivity index (χ1) is 6.91. The summed E-state index contributed by atoms with van der Waals surface area (Å²) in [6, 6.07) is 3.47. The van der Waals surface area contributed by atoms with Crippen LogP contribution in [0.15, 0.2) is 0 Å². The first kappa shape index (κ1) is 14.5. The van der Waals surface area contributed by atoms with Crippen LogP contribution in [0.5, 0.6) is 0 Å². The van der Waals surface area contributed by atoms with Crippen molar-refractivity contribution in [2.45, 2.75) is 23.6 Å². The van der Waals surface area contributed by atoms with Crippen LogP contribution in [0.4, 0.5) is 0 Å². The number of sulfone groups is 1. The highest BCUT2D eigenvalue weighted by molar-refractivity contribution is 7.91. The van der Waals surface area contributed by atoms with Crippen molar-refractivity contribution < 1.29 is 8.42 Å². The fourth-order valence-electron chi connectivity index (χ4n) is 0.797. The van der Waals surface area contributed by atoms with E-state index in [0.29, 0.717) is 0 Å². The fraction of sp³-hybridized carbons (Fsp3) is 0.750. The Morgan fingerprint density at radius 2 is 1.33 bits per heavy atom. The normalized spacial score (nSPS) is 14.9. The maximum absolute atomic E-state index is 11.3. The van der Waals surface area contributed by atoms with E-state index in [1.807, 2.05) is 0 Å². The van der Waals surface area contributed by atoms with E-state index in [0.717, 1.165) is 0 Å². The van der Waals surface area contributed by atoms with Crippen LogP contribution in [0, 0.1) is 22.7 Å². The molecule has 2 unspecified atom stereocenters. The lowest BCUT2D eigenvalue weighted by Gasteiger charge is -2.04. The molecule has 0 saturated heterocycles. The van der Waals surface area contributed by atoms with Gasteiger partial charge in [0, 0.05) is 0 Å². The van der Waals surface area contributed by atoms with Gasteiger partial charge in [-0.15, -0.1) is 23.2 Å². The summed E-state index contributed by atoms with van der Waals surface area (Å²) in [6.07, 6.45) is 0.194. The van der Waals surface area contributed by atoms with Gasteiger partial charge in [-0.1, -0.05) is 0 Å². The van der Waals surface area contributed by atoms with Gasteiger partial charge in [0.15, 0.2) is 9.84 Å². The number of halogens is 2. The zero-order chi connectivity index (χ0) is 11.9. The van der Waals surface area contributed by atoms with E-state index in [4.69, 9.17) is 33.7 Å². The lowest BCUT2D eigenvalue weighted by molar-refractivity contribution is 0.591. The number of rotatable bonds is 6. The van der Waals surface area contributed by atoms with Crippen LogP contribution in [0.1, 0.15) is 12.8 Å². The predicted octanol–water partition coefficient (Wildman–Crippen LogP) is 1.44. The van der Waals surface area contributed by atoms with Gasteiger partial charge in [-0.05, 0) is 12.8 Å². The number of nitriles is 2. The monoisotopic (exact) mass is 268 g/mol. The standard InChI is InChI=1S/C8H10Cl2N2O2S/c9-7(5-11)1-3-15(13,14)4-2-8(10)6-12/h7-8H,1-4H2. The molecule has 0 amide bonds. The van der Waals surface area contributed by atoms with Crippen molar-refractivity contribution in [2.24, 2.45) is 0 Å². The number of alkyl halides is 2. The molecule has 84 valence electrons. The van der Waals surface area contributed by atoms with E-state index in [-0.39, 0.29) is 24.3 Å². The molecule has 0 spiro atoms. The van der Waals surface area contributed by atoms with E-state index in [1.54, 1.807) is 12.1 Å². The van der Waals surface area contributed by atoms with Gasteiger partial charge < -0.3 is 0 Å². The Labute approximate surface area is 99.3 Å². The van der Waals surface area contributed by atoms with Crippen molar-refractivity contribution in [2.75, 3.05) is 11.5 Å². The van der Waals surface area contributed by atoms with E-state index in [2.05, 4.69) is 0 Å². The third-order valence-electron chi connectivity index (χ3n) is 1.64. The summed E-state index contributed by atoms with van der Waals surface area (Å²) >= 11 is 10.9. The second-order valence-electron chi connectivity index (χ2n) is 2.92. The van der Waals surface area contributed by atoms with E-state index in [9.17, 15) is 8.42 Å². The quantitative estimate of drug-likeness (QED) is 0.683. The summed E-state index contributed by atoms with van der Waals surface area (Å²) < 4.78 is 22.7. The van der Waals surface area contributed by atoms with Gasteiger partial charge in [0.25, 0.3) is 0 Å². The van der Waals surface area contributed by atoms with Crippen molar-refractivity contribution in [3.05, 3.63) is 0 Å².